The van der Waals surface area contributed by atoms with Crippen molar-refractivity contribution in [1.82, 2.24) is 47.2 Å². The second-order valence-corrected chi connectivity index (χ2v) is 19.3. The van der Waals surface area contributed by atoms with Gasteiger partial charge in [-0.1, -0.05) is 91.8 Å². The number of aromatic amines is 2. The van der Waals surface area contributed by atoms with E-state index in [-0.39, 0.29) is 54.2 Å². The highest BCUT2D eigenvalue weighted by molar-refractivity contribution is 8.00. The Hall–Kier alpha value is -5.35. The molecule has 4 aromatic rings. The summed E-state index contributed by atoms with van der Waals surface area (Å²) in [5, 5.41) is 22.7. The molecule has 6 rings (SSSR count). The van der Waals surface area contributed by atoms with E-state index in [0.717, 1.165) is 32.9 Å². The maximum atomic E-state index is 14.7. The van der Waals surface area contributed by atoms with Crippen LogP contribution in [-0.4, -0.2) is 98.8 Å². The van der Waals surface area contributed by atoms with E-state index in [9.17, 15) is 28.8 Å². The van der Waals surface area contributed by atoms with Crippen LogP contribution in [0.2, 0.25) is 0 Å². The predicted octanol–water partition coefficient (Wildman–Crippen LogP) is 3.40. The first-order chi connectivity index (χ1) is 29.5. The minimum absolute atomic E-state index is 0.0469. The molecule has 8 atom stereocenters. The Labute approximate surface area is 367 Å². The predicted molar refractivity (Wildman–Crippen MR) is 243 cm³/mol. The van der Waals surface area contributed by atoms with Crippen molar-refractivity contribution in [1.29, 1.82) is 0 Å². The molecule has 2 aromatic heterocycles. The molecule has 0 spiro atoms. The maximum Gasteiger partial charge on any atom is 0.243 e. The van der Waals surface area contributed by atoms with Gasteiger partial charge in [-0.25, -0.2) is 0 Å². The van der Waals surface area contributed by atoms with Crippen LogP contribution in [0.4, 0.5) is 0 Å². The highest BCUT2D eigenvalue weighted by Gasteiger charge is 2.40. The van der Waals surface area contributed by atoms with E-state index in [1.807, 2.05) is 96.3 Å². The molecular weight excluding hydrogens is 807 g/mol. The molecule has 9 N–H and O–H groups in total. The Balaban J connectivity index is 1.40. The van der Waals surface area contributed by atoms with E-state index >= 15 is 0 Å². The van der Waals surface area contributed by atoms with Gasteiger partial charge in [0, 0.05) is 52.8 Å². The van der Waals surface area contributed by atoms with Crippen LogP contribution < -0.4 is 37.2 Å². The molecule has 62 heavy (non-hydrogen) atoms. The van der Waals surface area contributed by atoms with Gasteiger partial charge in [-0.3, -0.25) is 34.1 Å². The van der Waals surface area contributed by atoms with Crippen molar-refractivity contribution in [3.05, 3.63) is 72.1 Å². The van der Waals surface area contributed by atoms with Gasteiger partial charge in [-0.2, -0.15) is 0 Å². The van der Waals surface area contributed by atoms with Gasteiger partial charge in [0.1, 0.15) is 30.2 Å². The zero-order chi connectivity index (χ0) is 44.8. The van der Waals surface area contributed by atoms with Crippen molar-refractivity contribution >= 4 is 69.0 Å². The SMILES string of the molecule is CC(C)C[C@H]1NC(=O)[C@H](Cc2c[nH]c3ccccc23)NC(=O)[C@@H](Cc2c[nH]c3ccccc23)NC(=O)[C@@H]2CSC(N2)[C@H](C(C)C)NC(=O)[C@@H](C(C)C)NC(=O)[C@H](C(C)C)NC1=O. The van der Waals surface area contributed by atoms with Crippen LogP contribution in [0.25, 0.3) is 21.8 Å². The molecule has 2 bridgehead atoms. The van der Waals surface area contributed by atoms with Gasteiger partial charge < -0.3 is 41.9 Å². The number of carbonyl (C=O) groups excluding carboxylic acids is 6. The molecular formula is C46H63N9O6S. The number of H-pyrrole nitrogens is 2. The normalized spacial score (nSPS) is 26.3. The Bertz CT molecular complexity index is 2250. The monoisotopic (exact) mass is 869 g/mol. The highest BCUT2D eigenvalue weighted by Crippen LogP contribution is 2.27. The van der Waals surface area contributed by atoms with Gasteiger partial charge >= 0.3 is 0 Å². The van der Waals surface area contributed by atoms with Crippen molar-refractivity contribution in [2.75, 3.05) is 5.75 Å². The summed E-state index contributed by atoms with van der Waals surface area (Å²) in [5.74, 6) is -3.49. The van der Waals surface area contributed by atoms with Gasteiger partial charge in [0.2, 0.25) is 35.4 Å². The Morgan fingerprint density at radius 1 is 0.532 bits per heavy atom. The smallest absolute Gasteiger partial charge is 0.243 e. The molecule has 0 aliphatic carbocycles. The number of thioether (sulfide) groups is 1. The summed E-state index contributed by atoms with van der Waals surface area (Å²) in [6.45, 7) is 15.1. The largest absolute Gasteiger partial charge is 0.361 e. The van der Waals surface area contributed by atoms with Crippen molar-refractivity contribution in [2.24, 2.45) is 23.7 Å². The molecule has 334 valence electrons. The number of carbonyl (C=O) groups is 6. The number of benzene rings is 2. The molecule has 15 nitrogen and oxygen atoms in total. The summed E-state index contributed by atoms with van der Waals surface area (Å²) in [6, 6.07) is 8.87. The van der Waals surface area contributed by atoms with Gasteiger partial charge in [-0.15, -0.1) is 11.8 Å². The van der Waals surface area contributed by atoms with Crippen LogP contribution >= 0.6 is 11.8 Å². The second kappa shape index (κ2) is 20.2. The maximum absolute atomic E-state index is 14.7. The minimum Gasteiger partial charge on any atom is -0.361 e. The standard InChI is InChI=1S/C46H63N9O6S/c1-23(2)17-33-42(58)53-37(24(3)4)44(60)54-38(25(5)6)45(61)55-39(26(7)8)46-52-36(22-62-46)43(59)51-35(19-28-21-48-32-16-12-10-14-30(28)32)41(57)50-34(40(56)49-33)18-27-20-47-31-15-11-9-13-29(27)31/h9-16,20-21,23-26,33-39,46-48,52H,17-19,22H2,1-8H3,(H,49,56)(H,50,57)(H,51,59)(H,53,58)(H,54,60)(H,55,61)/t33-,34+,35-,36+,37+,38-,39+,46?/m1/s1. The van der Waals surface area contributed by atoms with Gasteiger partial charge in [-0.05, 0) is 53.4 Å². The summed E-state index contributed by atoms with van der Waals surface area (Å²) in [5.41, 5.74) is 3.30. The number of fused-ring (bicyclic) bond motifs is 4. The summed E-state index contributed by atoms with van der Waals surface area (Å²) in [7, 11) is 0. The van der Waals surface area contributed by atoms with E-state index in [1.54, 1.807) is 20.0 Å². The van der Waals surface area contributed by atoms with E-state index in [0.29, 0.717) is 5.75 Å². The molecule has 6 amide bonds. The fourth-order valence-corrected chi connectivity index (χ4v) is 9.74. The Morgan fingerprint density at radius 2 is 0.984 bits per heavy atom. The lowest BCUT2D eigenvalue weighted by Crippen LogP contribution is -2.61. The first-order valence-electron chi connectivity index (χ1n) is 21.8. The van der Waals surface area contributed by atoms with Crippen LogP contribution in [0.15, 0.2) is 60.9 Å². The molecule has 16 heteroatoms. The Kier molecular flexibility index (Phi) is 15.1. The molecule has 2 aliphatic rings. The summed E-state index contributed by atoms with van der Waals surface area (Å²) < 4.78 is 0. The number of hydrogen-bond acceptors (Lipinski definition) is 8. The molecule has 4 heterocycles. The number of amides is 6. The fraction of sp³-hybridized carbons (Fsp3) is 0.522. The van der Waals surface area contributed by atoms with Gasteiger partial charge in [0.05, 0.1) is 17.5 Å². The molecule has 2 aliphatic heterocycles. The van der Waals surface area contributed by atoms with Crippen molar-refractivity contribution in [2.45, 2.75) is 122 Å². The number of para-hydroxylation sites is 2. The van der Waals surface area contributed by atoms with Crippen LogP contribution in [0.1, 0.15) is 72.9 Å². The summed E-state index contributed by atoms with van der Waals surface area (Å²) >= 11 is 1.50. The van der Waals surface area contributed by atoms with Crippen LogP contribution in [0.3, 0.4) is 0 Å². The molecule has 0 saturated carbocycles. The average molecular weight is 870 g/mol. The lowest BCUT2D eigenvalue weighted by Gasteiger charge is -2.32. The molecule has 2 saturated heterocycles. The molecule has 1 unspecified atom stereocenters. The Morgan fingerprint density at radius 3 is 1.48 bits per heavy atom. The lowest BCUT2D eigenvalue weighted by molar-refractivity contribution is -0.136. The third-order valence-electron chi connectivity index (χ3n) is 11.8. The molecule has 2 aromatic carbocycles. The molecule has 2 fully saturated rings. The lowest BCUT2D eigenvalue weighted by atomic mass is 9.97. The van der Waals surface area contributed by atoms with Gasteiger partial charge in [0.25, 0.3) is 0 Å². The van der Waals surface area contributed by atoms with Crippen molar-refractivity contribution < 1.29 is 28.8 Å². The average Bonchev–Trinajstić information content (AvgIpc) is 3.98. The first kappa shape index (κ1) is 46.2. The molecule has 0 radical (unpaired) electrons. The minimum atomic E-state index is -1.18. The zero-order valence-electron chi connectivity index (χ0n) is 36.9. The van der Waals surface area contributed by atoms with E-state index in [1.165, 1.54) is 11.8 Å². The first-order valence-corrected chi connectivity index (χ1v) is 22.8. The quantitative estimate of drug-likeness (QED) is 0.121. The second-order valence-electron chi connectivity index (χ2n) is 18.2. The number of nitrogens with one attached hydrogen (secondary N) is 9. The number of hydrogen-bond donors (Lipinski definition) is 9. The van der Waals surface area contributed by atoms with Crippen LogP contribution in [0.5, 0.6) is 0 Å². The van der Waals surface area contributed by atoms with E-state index < -0.39 is 71.8 Å². The van der Waals surface area contributed by atoms with Gasteiger partial charge in [0.15, 0.2) is 0 Å². The van der Waals surface area contributed by atoms with Crippen LogP contribution in [0, 0.1) is 23.7 Å². The van der Waals surface area contributed by atoms with E-state index in [4.69, 9.17) is 0 Å². The van der Waals surface area contributed by atoms with Crippen molar-refractivity contribution in [3.8, 4) is 0 Å². The summed E-state index contributed by atoms with van der Waals surface area (Å²) in [6.07, 6.45) is 4.03. The number of aromatic nitrogens is 2. The fourth-order valence-electron chi connectivity index (χ4n) is 8.25. The summed E-state index contributed by atoms with van der Waals surface area (Å²) in [4.78, 5) is 92.4. The topological polar surface area (TPSA) is 218 Å². The zero-order valence-corrected chi connectivity index (χ0v) is 37.7. The highest BCUT2D eigenvalue weighted by atomic mass is 32.2. The third kappa shape index (κ3) is 11.0. The van der Waals surface area contributed by atoms with Crippen LogP contribution in [-0.2, 0) is 41.6 Å². The van der Waals surface area contributed by atoms with Crippen molar-refractivity contribution in [3.63, 3.8) is 0 Å². The third-order valence-corrected chi connectivity index (χ3v) is 13.1. The van der Waals surface area contributed by atoms with E-state index in [2.05, 4.69) is 47.2 Å². The number of rotatable bonds is 9.